The second-order valence-corrected chi connectivity index (χ2v) is 5.75. The molecule has 2 nitrogen and oxygen atoms in total. The van der Waals surface area contributed by atoms with Crippen LogP contribution in [0.25, 0.3) is 22.6 Å². The zero-order chi connectivity index (χ0) is 15.4. The molecule has 0 aliphatic carbocycles. The predicted octanol–water partition coefficient (Wildman–Crippen LogP) is 5.14. The van der Waals surface area contributed by atoms with Gasteiger partial charge in [0.25, 0.3) is 0 Å². The lowest BCUT2D eigenvalue weighted by Crippen LogP contribution is -2.15. The van der Waals surface area contributed by atoms with Crippen molar-refractivity contribution >= 4 is 12.4 Å². The monoisotopic (exact) mass is 327 g/mol. The standard InChI is InChI=1S/C20H21NO.ClH/c1-21(2)14-13-18-15-19(16-9-5-3-6-10-16)22-20(18)17-11-7-4-8-12-17;/h3-12,15H,13-14H2,1-2H3;1H. The van der Waals surface area contributed by atoms with Crippen molar-refractivity contribution < 1.29 is 4.42 Å². The van der Waals surface area contributed by atoms with E-state index in [1.165, 1.54) is 5.56 Å². The predicted molar refractivity (Wildman–Crippen MR) is 99.1 cm³/mol. The lowest BCUT2D eigenvalue weighted by Gasteiger charge is -2.08. The molecule has 3 heteroatoms. The maximum atomic E-state index is 6.20. The Morgan fingerprint density at radius 3 is 1.96 bits per heavy atom. The summed E-state index contributed by atoms with van der Waals surface area (Å²) in [6, 6.07) is 22.8. The molecule has 0 N–H and O–H groups in total. The minimum absolute atomic E-state index is 0. The molecule has 0 bridgehead atoms. The molecule has 0 fully saturated rings. The van der Waals surface area contributed by atoms with Crippen LogP contribution in [-0.2, 0) is 6.42 Å². The molecule has 2 aromatic carbocycles. The van der Waals surface area contributed by atoms with Gasteiger partial charge >= 0.3 is 0 Å². The fraction of sp³-hybridized carbons (Fsp3) is 0.200. The van der Waals surface area contributed by atoms with Gasteiger partial charge in [0.15, 0.2) is 0 Å². The normalized spacial score (nSPS) is 10.6. The maximum Gasteiger partial charge on any atom is 0.138 e. The van der Waals surface area contributed by atoms with Crippen molar-refractivity contribution in [1.29, 1.82) is 0 Å². The van der Waals surface area contributed by atoms with Gasteiger partial charge in [-0.15, -0.1) is 12.4 Å². The molecule has 0 spiro atoms. The highest BCUT2D eigenvalue weighted by molar-refractivity contribution is 5.85. The molecule has 1 aromatic heterocycles. The number of benzene rings is 2. The van der Waals surface area contributed by atoms with E-state index in [9.17, 15) is 0 Å². The molecule has 0 aliphatic rings. The van der Waals surface area contributed by atoms with Crippen LogP contribution in [0.4, 0.5) is 0 Å². The highest BCUT2D eigenvalue weighted by Gasteiger charge is 2.14. The summed E-state index contributed by atoms with van der Waals surface area (Å²) >= 11 is 0. The van der Waals surface area contributed by atoms with Crippen molar-refractivity contribution in [2.75, 3.05) is 20.6 Å². The highest BCUT2D eigenvalue weighted by atomic mass is 35.5. The summed E-state index contributed by atoms with van der Waals surface area (Å²) in [6.45, 7) is 1.01. The second kappa shape index (κ2) is 8.00. The summed E-state index contributed by atoms with van der Waals surface area (Å²) < 4.78 is 6.20. The number of furan rings is 1. The Bertz CT molecular complexity index is 720. The van der Waals surface area contributed by atoms with Crippen LogP contribution in [0.2, 0.25) is 0 Å². The molecular weight excluding hydrogens is 306 g/mol. The Balaban J connectivity index is 0.00000192. The van der Waals surface area contributed by atoms with E-state index in [-0.39, 0.29) is 12.4 Å². The Hall–Kier alpha value is -2.03. The molecule has 3 rings (SSSR count). The van der Waals surface area contributed by atoms with E-state index in [1.54, 1.807) is 0 Å². The summed E-state index contributed by atoms with van der Waals surface area (Å²) in [5.41, 5.74) is 3.52. The van der Waals surface area contributed by atoms with Crippen LogP contribution in [0.3, 0.4) is 0 Å². The zero-order valence-electron chi connectivity index (χ0n) is 13.5. The van der Waals surface area contributed by atoms with Gasteiger partial charge in [-0.3, -0.25) is 0 Å². The van der Waals surface area contributed by atoms with E-state index in [0.29, 0.717) is 0 Å². The van der Waals surface area contributed by atoms with E-state index in [1.807, 2.05) is 24.3 Å². The molecule has 0 aliphatic heterocycles. The Morgan fingerprint density at radius 2 is 1.39 bits per heavy atom. The Morgan fingerprint density at radius 1 is 0.826 bits per heavy atom. The van der Waals surface area contributed by atoms with Crippen molar-refractivity contribution in [3.8, 4) is 22.6 Å². The molecule has 0 saturated carbocycles. The first-order chi connectivity index (χ1) is 10.7. The van der Waals surface area contributed by atoms with Gasteiger partial charge in [-0.2, -0.15) is 0 Å². The van der Waals surface area contributed by atoms with Gasteiger partial charge in [-0.05, 0) is 26.6 Å². The van der Waals surface area contributed by atoms with Crippen LogP contribution in [0, 0.1) is 0 Å². The van der Waals surface area contributed by atoms with Gasteiger partial charge in [-0.25, -0.2) is 0 Å². The van der Waals surface area contributed by atoms with Crippen molar-refractivity contribution in [1.82, 2.24) is 4.90 Å². The second-order valence-electron chi connectivity index (χ2n) is 5.75. The van der Waals surface area contributed by atoms with Crippen LogP contribution in [-0.4, -0.2) is 25.5 Å². The lowest BCUT2D eigenvalue weighted by atomic mass is 10.1. The van der Waals surface area contributed by atoms with Crippen molar-refractivity contribution in [2.24, 2.45) is 0 Å². The van der Waals surface area contributed by atoms with Gasteiger partial charge in [0.05, 0.1) is 0 Å². The molecule has 0 unspecified atom stereocenters. The number of nitrogens with zero attached hydrogens (tertiary/aromatic N) is 1. The van der Waals surface area contributed by atoms with E-state index >= 15 is 0 Å². The number of likely N-dealkylation sites (N-methyl/N-ethyl adjacent to an activating group) is 1. The van der Waals surface area contributed by atoms with Crippen LogP contribution < -0.4 is 0 Å². The summed E-state index contributed by atoms with van der Waals surface area (Å²) in [7, 11) is 4.20. The fourth-order valence-corrected chi connectivity index (χ4v) is 2.54. The number of halogens is 1. The van der Waals surface area contributed by atoms with E-state index < -0.39 is 0 Å². The first-order valence-corrected chi connectivity index (χ1v) is 7.62. The third-order valence-corrected chi connectivity index (χ3v) is 3.73. The molecular formula is C20H22ClNO. The summed E-state index contributed by atoms with van der Waals surface area (Å²) in [5, 5.41) is 0. The summed E-state index contributed by atoms with van der Waals surface area (Å²) in [6.07, 6.45) is 0.980. The van der Waals surface area contributed by atoms with Gasteiger partial charge < -0.3 is 9.32 Å². The topological polar surface area (TPSA) is 16.4 Å². The largest absolute Gasteiger partial charge is 0.456 e. The minimum atomic E-state index is 0. The number of hydrogen-bond donors (Lipinski definition) is 0. The quantitative estimate of drug-likeness (QED) is 0.645. The van der Waals surface area contributed by atoms with Crippen LogP contribution in [0.5, 0.6) is 0 Å². The molecule has 0 radical (unpaired) electrons. The van der Waals surface area contributed by atoms with Gasteiger partial charge in [0, 0.05) is 23.2 Å². The first kappa shape index (κ1) is 17.3. The molecule has 0 atom stereocenters. The SMILES string of the molecule is CN(C)CCc1cc(-c2ccccc2)oc1-c1ccccc1.Cl. The molecule has 0 amide bonds. The fourth-order valence-electron chi connectivity index (χ4n) is 2.54. The summed E-state index contributed by atoms with van der Waals surface area (Å²) in [5.74, 6) is 1.93. The average Bonchev–Trinajstić information content (AvgIpc) is 2.99. The molecule has 1 heterocycles. The Labute approximate surface area is 144 Å². The smallest absolute Gasteiger partial charge is 0.138 e. The lowest BCUT2D eigenvalue weighted by molar-refractivity contribution is 0.413. The minimum Gasteiger partial charge on any atom is -0.456 e. The Kier molecular flexibility index (Phi) is 6.03. The molecule has 23 heavy (non-hydrogen) atoms. The zero-order valence-corrected chi connectivity index (χ0v) is 14.3. The van der Waals surface area contributed by atoms with E-state index in [2.05, 4.69) is 61.5 Å². The van der Waals surface area contributed by atoms with E-state index in [0.717, 1.165) is 35.6 Å². The average molecular weight is 328 g/mol. The number of rotatable bonds is 5. The molecule has 3 aromatic rings. The molecule has 120 valence electrons. The highest BCUT2D eigenvalue weighted by Crippen LogP contribution is 2.32. The number of hydrogen-bond acceptors (Lipinski definition) is 2. The van der Waals surface area contributed by atoms with Crippen molar-refractivity contribution in [3.63, 3.8) is 0 Å². The maximum absolute atomic E-state index is 6.20. The van der Waals surface area contributed by atoms with Crippen LogP contribution in [0.1, 0.15) is 5.56 Å². The van der Waals surface area contributed by atoms with Gasteiger partial charge in [-0.1, -0.05) is 60.7 Å². The van der Waals surface area contributed by atoms with Crippen LogP contribution in [0.15, 0.2) is 71.1 Å². The van der Waals surface area contributed by atoms with Gasteiger partial charge in [0.1, 0.15) is 11.5 Å². The van der Waals surface area contributed by atoms with Crippen LogP contribution >= 0.6 is 12.4 Å². The summed E-state index contributed by atoms with van der Waals surface area (Å²) in [4.78, 5) is 2.20. The van der Waals surface area contributed by atoms with Crippen molar-refractivity contribution in [3.05, 3.63) is 72.3 Å². The van der Waals surface area contributed by atoms with Crippen molar-refractivity contribution in [2.45, 2.75) is 6.42 Å². The first-order valence-electron chi connectivity index (χ1n) is 7.62. The third kappa shape index (κ3) is 4.25. The van der Waals surface area contributed by atoms with E-state index in [4.69, 9.17) is 4.42 Å². The third-order valence-electron chi connectivity index (χ3n) is 3.73. The molecule has 0 saturated heterocycles. The van der Waals surface area contributed by atoms with Gasteiger partial charge in [0.2, 0.25) is 0 Å².